The van der Waals surface area contributed by atoms with Crippen LogP contribution in [0.2, 0.25) is 0 Å². The summed E-state index contributed by atoms with van der Waals surface area (Å²) in [6, 6.07) is 1.22. The zero-order chi connectivity index (χ0) is 25.9. The van der Waals surface area contributed by atoms with Crippen molar-refractivity contribution >= 4 is 21.5 Å². The van der Waals surface area contributed by atoms with Crippen LogP contribution >= 0.6 is 15.6 Å². The lowest BCUT2D eigenvalue weighted by molar-refractivity contribution is -0.161. The summed E-state index contributed by atoms with van der Waals surface area (Å²) in [5, 5.41) is 48.2. The van der Waals surface area contributed by atoms with Gasteiger partial charge in [0.2, 0.25) is 0 Å². The predicted octanol–water partition coefficient (Wildman–Crippen LogP) is -3.27. The van der Waals surface area contributed by atoms with E-state index in [-0.39, 0.29) is 5.82 Å². The predicted molar refractivity (Wildman–Crippen MR) is 106 cm³/mol. The molecule has 0 saturated carbocycles. The lowest BCUT2D eigenvalue weighted by Crippen LogP contribution is -2.45. The molecule has 0 aromatic carbocycles. The van der Waals surface area contributed by atoms with Crippen LogP contribution in [-0.4, -0.2) is 94.7 Å². The number of aliphatic hydroxyl groups is 5. The first-order valence-electron chi connectivity index (χ1n) is 9.29. The van der Waals surface area contributed by atoms with Crippen molar-refractivity contribution in [2.24, 2.45) is 0 Å². The molecule has 34 heavy (non-hydrogen) atoms. The fourth-order valence-electron chi connectivity index (χ4n) is 2.46. The average Bonchev–Trinajstić information content (AvgIpc) is 3.03. The topological polar surface area (TPSA) is 283 Å². The number of nitrogens with two attached hydrogens (primary N) is 1. The molecule has 196 valence electrons. The van der Waals surface area contributed by atoms with E-state index in [2.05, 4.69) is 23.4 Å². The van der Waals surface area contributed by atoms with Gasteiger partial charge in [0.05, 0.1) is 19.8 Å². The van der Waals surface area contributed by atoms with E-state index in [1.807, 2.05) is 0 Å². The molecular weight excluding hydrogens is 512 g/mol. The number of hydrogen-bond donors (Lipinski definition) is 8. The molecule has 1 aromatic rings. The fourth-order valence-corrected chi connectivity index (χ4v) is 3.89. The van der Waals surface area contributed by atoms with E-state index in [0.29, 0.717) is 0 Å². The number of anilines is 1. The Balaban J connectivity index is 1.90. The smallest absolute Gasteiger partial charge is 0.393 e. The van der Waals surface area contributed by atoms with Crippen molar-refractivity contribution < 1.29 is 67.6 Å². The van der Waals surface area contributed by atoms with E-state index in [4.69, 9.17) is 15.6 Å². The third-order valence-corrected chi connectivity index (χ3v) is 6.11. The highest BCUT2D eigenvalue weighted by Crippen LogP contribution is 2.52. The van der Waals surface area contributed by atoms with Crippen LogP contribution < -0.4 is 11.4 Å². The summed E-state index contributed by atoms with van der Waals surface area (Å²) >= 11 is 0. The van der Waals surface area contributed by atoms with Crippen LogP contribution in [0.25, 0.3) is 0 Å². The van der Waals surface area contributed by atoms with Crippen molar-refractivity contribution in [1.82, 2.24) is 9.55 Å². The lowest BCUT2D eigenvalue weighted by atomic mass is 10.0. The second kappa shape index (κ2) is 11.2. The summed E-state index contributed by atoms with van der Waals surface area (Å²) in [4.78, 5) is 34.3. The number of ether oxygens (including phenoxy) is 1. The summed E-state index contributed by atoms with van der Waals surface area (Å²) in [5.41, 5.74) is 2.37. The minimum atomic E-state index is -5.24. The maximum absolute atomic E-state index is 11.9. The van der Waals surface area contributed by atoms with Crippen molar-refractivity contribution in [3.63, 3.8) is 0 Å². The first-order chi connectivity index (χ1) is 15.6. The number of aromatic nitrogens is 2. The molecule has 1 fully saturated rings. The molecule has 20 heteroatoms. The Bertz CT molecular complexity index is 989. The van der Waals surface area contributed by atoms with Gasteiger partial charge in [-0.2, -0.15) is 4.98 Å². The molecule has 2 rings (SSSR count). The third-order valence-electron chi connectivity index (χ3n) is 4.52. The minimum Gasteiger partial charge on any atom is -0.393 e. The summed E-state index contributed by atoms with van der Waals surface area (Å²) in [6.07, 6.45) is -7.01. The first kappa shape index (κ1) is 28.9. The van der Waals surface area contributed by atoms with Crippen molar-refractivity contribution in [2.75, 3.05) is 25.6 Å². The maximum atomic E-state index is 11.9. The van der Waals surface area contributed by atoms with Gasteiger partial charge in [-0.1, -0.05) is 0 Å². The number of phosphoric ester groups is 2. The summed E-state index contributed by atoms with van der Waals surface area (Å²) in [6.45, 7) is -1.88. The minimum absolute atomic E-state index is 0.106. The van der Waals surface area contributed by atoms with Crippen LogP contribution in [0.15, 0.2) is 17.1 Å². The van der Waals surface area contributed by atoms with E-state index < -0.39 is 77.4 Å². The Morgan fingerprint density at radius 2 is 1.82 bits per heavy atom. The SMILES string of the molecule is C[C@](O)(CO)[C@H](O)COP(=O)(O)OOP(=O)(O)OC[C@@H]1O[C@H](n2ccc(N)nc2=O)[C@@H](O)[C@H]1O. The molecule has 0 radical (unpaired) electrons. The lowest BCUT2D eigenvalue weighted by Gasteiger charge is -2.26. The van der Waals surface area contributed by atoms with Crippen molar-refractivity contribution in [3.05, 3.63) is 22.7 Å². The summed E-state index contributed by atoms with van der Waals surface area (Å²) in [5.74, 6) is -0.106. The van der Waals surface area contributed by atoms with Gasteiger partial charge in [-0.3, -0.25) is 13.6 Å². The van der Waals surface area contributed by atoms with Gasteiger partial charge in [-0.25, -0.2) is 13.9 Å². The standard InChI is InChI=1S/C14H25N3O15P2/c1-14(23,6-18)8(19)5-29-34(26,27)32-31-33(24,25)28-4-7-10(20)11(21)12(30-7)17-3-2-9(15)16-13(17)22/h2-3,7-8,10-12,18-21,23H,4-6H2,1H3,(H,24,25)(H,26,27)(H2,15,16,22)/t7-,8+,10-,11-,12-,14-/m0/s1. The molecule has 2 unspecified atom stereocenters. The normalized spacial score (nSPS) is 29.2. The highest BCUT2D eigenvalue weighted by atomic mass is 31.2. The van der Waals surface area contributed by atoms with Crippen LogP contribution in [0.5, 0.6) is 0 Å². The first-order valence-corrected chi connectivity index (χ1v) is 12.3. The number of nitrogens with zero attached hydrogens (tertiary/aromatic N) is 2. The number of nitrogen functional groups attached to an aromatic ring is 1. The molecule has 0 aliphatic carbocycles. The summed E-state index contributed by atoms with van der Waals surface area (Å²) in [7, 11) is -10.5. The molecule has 0 amide bonds. The Hall–Kier alpha value is -1.34. The van der Waals surface area contributed by atoms with Gasteiger partial charge in [-0.05, 0) is 13.0 Å². The fraction of sp³-hybridized carbons (Fsp3) is 0.714. The Morgan fingerprint density at radius 1 is 1.24 bits per heavy atom. The van der Waals surface area contributed by atoms with Crippen molar-refractivity contribution in [3.8, 4) is 0 Å². The second-order valence-electron chi connectivity index (χ2n) is 7.30. The van der Waals surface area contributed by atoms with E-state index in [9.17, 15) is 44.1 Å². The Kier molecular flexibility index (Phi) is 9.48. The number of hydrogen-bond acceptors (Lipinski definition) is 15. The molecular formula is C14H25N3O15P2. The number of rotatable bonds is 12. The van der Waals surface area contributed by atoms with Gasteiger partial charge in [0, 0.05) is 6.20 Å². The zero-order valence-electron chi connectivity index (χ0n) is 17.4. The number of phosphoric acid groups is 2. The zero-order valence-corrected chi connectivity index (χ0v) is 19.2. The van der Waals surface area contributed by atoms with E-state index >= 15 is 0 Å². The van der Waals surface area contributed by atoms with Crippen LogP contribution in [-0.2, 0) is 32.3 Å². The molecule has 1 aliphatic rings. The van der Waals surface area contributed by atoms with Crippen LogP contribution in [0.3, 0.4) is 0 Å². The Labute approximate surface area is 190 Å². The van der Waals surface area contributed by atoms with Gasteiger partial charge in [0.15, 0.2) is 6.23 Å². The molecule has 0 bridgehead atoms. The highest BCUT2D eigenvalue weighted by molar-refractivity contribution is 7.49. The van der Waals surface area contributed by atoms with Gasteiger partial charge in [0.25, 0.3) is 0 Å². The Morgan fingerprint density at radius 3 is 2.38 bits per heavy atom. The van der Waals surface area contributed by atoms with Crippen LogP contribution in [0, 0.1) is 0 Å². The molecule has 9 N–H and O–H groups in total. The molecule has 0 spiro atoms. The van der Waals surface area contributed by atoms with Gasteiger partial charge < -0.3 is 45.8 Å². The van der Waals surface area contributed by atoms with E-state index in [1.54, 1.807) is 0 Å². The van der Waals surface area contributed by atoms with Crippen LogP contribution in [0.4, 0.5) is 5.82 Å². The van der Waals surface area contributed by atoms with Gasteiger partial charge >= 0.3 is 21.3 Å². The van der Waals surface area contributed by atoms with Crippen LogP contribution in [0.1, 0.15) is 13.2 Å². The van der Waals surface area contributed by atoms with Crippen molar-refractivity contribution in [2.45, 2.75) is 43.2 Å². The van der Waals surface area contributed by atoms with Crippen molar-refractivity contribution in [1.29, 1.82) is 0 Å². The quantitative estimate of drug-likeness (QED) is 0.0737. The van der Waals surface area contributed by atoms with E-state index in [1.165, 1.54) is 6.07 Å². The molecule has 1 aromatic heterocycles. The molecule has 8 atom stereocenters. The number of aliphatic hydroxyl groups excluding tert-OH is 4. The molecule has 18 nitrogen and oxygen atoms in total. The highest BCUT2D eigenvalue weighted by Gasteiger charge is 2.45. The molecule has 1 saturated heterocycles. The van der Waals surface area contributed by atoms with Gasteiger partial charge in [-0.15, -0.1) is 9.35 Å². The largest absolute Gasteiger partial charge is 0.500 e. The second-order valence-corrected chi connectivity index (χ2v) is 9.99. The monoisotopic (exact) mass is 537 g/mol. The third kappa shape index (κ3) is 7.58. The average molecular weight is 537 g/mol. The summed E-state index contributed by atoms with van der Waals surface area (Å²) < 4.78 is 46.2. The molecule has 1 aliphatic heterocycles. The molecule has 2 heterocycles. The van der Waals surface area contributed by atoms with Gasteiger partial charge in [0.1, 0.15) is 35.8 Å². The van der Waals surface area contributed by atoms with E-state index in [0.717, 1.165) is 17.7 Å². The maximum Gasteiger partial charge on any atom is 0.500 e.